The first kappa shape index (κ1) is 9.58. The third kappa shape index (κ3) is 2.10. The average molecular weight is 206 g/mol. The Morgan fingerprint density at radius 1 is 1.13 bits per heavy atom. The van der Waals surface area contributed by atoms with E-state index in [4.69, 9.17) is 4.74 Å². The van der Waals surface area contributed by atoms with Crippen LogP contribution >= 0.6 is 0 Å². The van der Waals surface area contributed by atoms with E-state index in [1.54, 1.807) is 6.07 Å². The lowest BCUT2D eigenvalue weighted by Crippen LogP contribution is -1.93. The molecule has 1 aromatic carbocycles. The van der Waals surface area contributed by atoms with Crippen LogP contribution in [0.3, 0.4) is 0 Å². The molecule has 0 spiro atoms. The van der Waals surface area contributed by atoms with Gasteiger partial charge in [0.15, 0.2) is 11.6 Å². The summed E-state index contributed by atoms with van der Waals surface area (Å²) in [5.41, 5.74) is 0. The molecule has 2 rings (SSSR count). The van der Waals surface area contributed by atoms with Crippen LogP contribution in [-0.2, 0) is 0 Å². The molecule has 75 valence electrons. The number of nitrogens with zero attached hydrogens (tertiary/aromatic N) is 1. The van der Waals surface area contributed by atoms with Crippen LogP contribution in [0.4, 0.5) is 8.78 Å². The van der Waals surface area contributed by atoms with E-state index in [0.29, 0.717) is 0 Å². The van der Waals surface area contributed by atoms with Crippen LogP contribution in [0.25, 0.3) is 0 Å². The monoisotopic (exact) mass is 206 g/mol. The SMILES string of the molecule is Fc1cccc(F)c1Oc1cc[c]cn1. The van der Waals surface area contributed by atoms with Crippen molar-refractivity contribution in [1.29, 1.82) is 0 Å². The number of rotatable bonds is 2. The van der Waals surface area contributed by atoms with Gasteiger partial charge in [0.25, 0.3) is 0 Å². The first-order valence-corrected chi connectivity index (χ1v) is 4.21. The molecule has 2 aromatic rings. The summed E-state index contributed by atoms with van der Waals surface area (Å²) >= 11 is 0. The summed E-state index contributed by atoms with van der Waals surface area (Å²) in [4.78, 5) is 3.75. The third-order valence-electron chi connectivity index (χ3n) is 1.71. The Morgan fingerprint density at radius 3 is 2.47 bits per heavy atom. The van der Waals surface area contributed by atoms with Gasteiger partial charge in [-0.1, -0.05) is 6.07 Å². The summed E-state index contributed by atoms with van der Waals surface area (Å²) in [7, 11) is 0. The van der Waals surface area contributed by atoms with Crippen molar-refractivity contribution in [3.63, 3.8) is 0 Å². The van der Waals surface area contributed by atoms with E-state index in [-0.39, 0.29) is 5.88 Å². The van der Waals surface area contributed by atoms with Gasteiger partial charge in [-0.05, 0) is 18.2 Å². The van der Waals surface area contributed by atoms with Crippen molar-refractivity contribution >= 4 is 0 Å². The Morgan fingerprint density at radius 2 is 1.87 bits per heavy atom. The van der Waals surface area contributed by atoms with Crippen molar-refractivity contribution in [2.45, 2.75) is 0 Å². The Labute approximate surface area is 85.2 Å². The minimum absolute atomic E-state index is 0.123. The molecule has 0 fully saturated rings. The summed E-state index contributed by atoms with van der Waals surface area (Å²) < 4.78 is 31.2. The Kier molecular flexibility index (Phi) is 2.58. The Balaban J connectivity index is 2.32. The summed E-state index contributed by atoms with van der Waals surface area (Å²) in [5.74, 6) is -1.84. The van der Waals surface area contributed by atoms with Crippen LogP contribution in [0, 0.1) is 17.7 Å². The van der Waals surface area contributed by atoms with E-state index in [1.807, 2.05) is 0 Å². The maximum Gasteiger partial charge on any atom is 0.219 e. The summed E-state index contributed by atoms with van der Waals surface area (Å²) in [6.45, 7) is 0. The largest absolute Gasteiger partial charge is 0.433 e. The molecule has 0 aliphatic carbocycles. The summed E-state index contributed by atoms with van der Waals surface area (Å²) in [6.07, 6.45) is 1.36. The molecule has 1 heterocycles. The standard InChI is InChI=1S/C11H6F2NO/c12-8-4-3-5-9(13)11(8)15-10-6-1-2-7-14-10/h1,3-7H. The lowest BCUT2D eigenvalue weighted by atomic mass is 10.3. The zero-order chi connectivity index (χ0) is 10.7. The number of para-hydroxylation sites is 1. The van der Waals surface area contributed by atoms with Crippen molar-refractivity contribution in [3.05, 3.63) is 54.2 Å². The van der Waals surface area contributed by atoms with Crippen molar-refractivity contribution in [2.75, 3.05) is 0 Å². The molecule has 2 nitrogen and oxygen atoms in total. The van der Waals surface area contributed by atoms with Gasteiger partial charge in [0.2, 0.25) is 11.6 Å². The van der Waals surface area contributed by atoms with Gasteiger partial charge in [0, 0.05) is 18.3 Å². The highest BCUT2D eigenvalue weighted by Crippen LogP contribution is 2.25. The van der Waals surface area contributed by atoms with Crippen molar-refractivity contribution < 1.29 is 13.5 Å². The van der Waals surface area contributed by atoms with Crippen LogP contribution < -0.4 is 4.74 Å². The molecule has 0 unspecified atom stereocenters. The van der Waals surface area contributed by atoms with Crippen molar-refractivity contribution in [1.82, 2.24) is 4.98 Å². The number of pyridine rings is 1. The quantitative estimate of drug-likeness (QED) is 0.753. The van der Waals surface area contributed by atoms with Crippen LogP contribution in [0.15, 0.2) is 36.5 Å². The second-order valence-corrected chi connectivity index (χ2v) is 2.75. The number of aromatic nitrogens is 1. The lowest BCUT2D eigenvalue weighted by Gasteiger charge is -2.05. The number of hydrogen-bond acceptors (Lipinski definition) is 2. The maximum atomic E-state index is 13.1. The zero-order valence-corrected chi connectivity index (χ0v) is 7.58. The predicted octanol–water partition coefficient (Wildman–Crippen LogP) is 2.95. The molecular weight excluding hydrogens is 200 g/mol. The van der Waals surface area contributed by atoms with Gasteiger partial charge in [-0.25, -0.2) is 13.8 Å². The second kappa shape index (κ2) is 4.04. The van der Waals surface area contributed by atoms with Gasteiger partial charge in [0.05, 0.1) is 0 Å². The van der Waals surface area contributed by atoms with E-state index < -0.39 is 17.4 Å². The van der Waals surface area contributed by atoms with Gasteiger partial charge in [-0.2, -0.15) is 0 Å². The van der Waals surface area contributed by atoms with Gasteiger partial charge in [-0.3, -0.25) is 0 Å². The molecular formula is C11H6F2NO. The molecule has 1 radical (unpaired) electrons. The highest BCUT2D eigenvalue weighted by Gasteiger charge is 2.10. The fraction of sp³-hybridized carbons (Fsp3) is 0. The molecule has 0 bridgehead atoms. The van der Waals surface area contributed by atoms with Gasteiger partial charge >= 0.3 is 0 Å². The normalized spacial score (nSPS) is 10.0. The topological polar surface area (TPSA) is 22.1 Å². The highest BCUT2D eigenvalue weighted by molar-refractivity contribution is 5.29. The Hall–Kier alpha value is -1.97. The summed E-state index contributed by atoms with van der Waals surface area (Å²) in [6, 6.07) is 9.18. The highest BCUT2D eigenvalue weighted by atomic mass is 19.1. The minimum atomic E-state index is -0.760. The first-order chi connectivity index (χ1) is 7.27. The average Bonchev–Trinajstić information content (AvgIpc) is 2.25. The third-order valence-corrected chi connectivity index (χ3v) is 1.71. The molecule has 0 atom stereocenters. The molecule has 15 heavy (non-hydrogen) atoms. The van der Waals surface area contributed by atoms with Crippen molar-refractivity contribution in [3.8, 4) is 11.6 Å². The van der Waals surface area contributed by atoms with E-state index in [2.05, 4.69) is 11.1 Å². The molecule has 0 saturated carbocycles. The lowest BCUT2D eigenvalue weighted by molar-refractivity contribution is 0.395. The molecule has 1 aromatic heterocycles. The number of hydrogen-bond donors (Lipinski definition) is 0. The zero-order valence-electron chi connectivity index (χ0n) is 7.58. The molecule has 0 aliphatic rings. The Bertz CT molecular complexity index is 439. The van der Waals surface area contributed by atoms with Crippen LogP contribution in [-0.4, -0.2) is 4.98 Å². The van der Waals surface area contributed by atoms with E-state index in [1.165, 1.54) is 18.3 Å². The molecule has 0 aliphatic heterocycles. The summed E-state index contributed by atoms with van der Waals surface area (Å²) in [5, 5.41) is 0. The predicted molar refractivity (Wildman–Crippen MR) is 49.5 cm³/mol. The van der Waals surface area contributed by atoms with Crippen LogP contribution in [0.5, 0.6) is 11.6 Å². The molecule has 0 N–H and O–H groups in total. The first-order valence-electron chi connectivity index (χ1n) is 4.21. The minimum Gasteiger partial charge on any atom is -0.433 e. The van der Waals surface area contributed by atoms with Crippen LogP contribution in [0.2, 0.25) is 0 Å². The van der Waals surface area contributed by atoms with Crippen molar-refractivity contribution in [2.24, 2.45) is 0 Å². The maximum absolute atomic E-state index is 13.1. The van der Waals surface area contributed by atoms with E-state index in [0.717, 1.165) is 12.1 Å². The number of ether oxygens (including phenoxy) is 1. The number of halogens is 2. The molecule has 0 amide bonds. The fourth-order valence-corrected chi connectivity index (χ4v) is 1.05. The van der Waals surface area contributed by atoms with E-state index >= 15 is 0 Å². The van der Waals surface area contributed by atoms with Gasteiger partial charge in [0.1, 0.15) is 0 Å². The van der Waals surface area contributed by atoms with E-state index in [9.17, 15) is 8.78 Å². The van der Waals surface area contributed by atoms with Crippen LogP contribution in [0.1, 0.15) is 0 Å². The van der Waals surface area contributed by atoms with Gasteiger partial charge < -0.3 is 4.74 Å². The smallest absolute Gasteiger partial charge is 0.219 e. The number of benzene rings is 1. The second-order valence-electron chi connectivity index (χ2n) is 2.75. The fourth-order valence-electron chi connectivity index (χ4n) is 1.05. The molecule has 0 saturated heterocycles. The van der Waals surface area contributed by atoms with Gasteiger partial charge in [-0.15, -0.1) is 0 Å². The molecule has 4 heteroatoms.